The Hall–Kier alpha value is -2.10. The largest absolute Gasteiger partial charge is 0.459 e. The summed E-state index contributed by atoms with van der Waals surface area (Å²) in [6.07, 6.45) is 2.31. The molecule has 0 fully saturated rings. The molecule has 20 heavy (non-hydrogen) atoms. The van der Waals surface area contributed by atoms with Crippen molar-refractivity contribution in [3.05, 3.63) is 47.7 Å². The van der Waals surface area contributed by atoms with Crippen LogP contribution in [-0.2, 0) is 19.7 Å². The van der Waals surface area contributed by atoms with Crippen LogP contribution in [0, 0.1) is 0 Å². The van der Waals surface area contributed by atoms with Crippen molar-refractivity contribution < 1.29 is 14.3 Å². The lowest BCUT2D eigenvalue weighted by Crippen LogP contribution is -2.45. The molecule has 1 aliphatic heterocycles. The van der Waals surface area contributed by atoms with Crippen LogP contribution < -0.4 is 5.32 Å². The molecule has 2 rings (SSSR count). The van der Waals surface area contributed by atoms with E-state index in [2.05, 4.69) is 5.32 Å². The molecule has 0 aromatic heterocycles. The van der Waals surface area contributed by atoms with Gasteiger partial charge in [0.1, 0.15) is 17.3 Å². The number of carbonyl (C=O) groups is 2. The van der Waals surface area contributed by atoms with Gasteiger partial charge >= 0.3 is 5.97 Å². The summed E-state index contributed by atoms with van der Waals surface area (Å²) >= 11 is 0. The van der Waals surface area contributed by atoms with Crippen molar-refractivity contribution in [1.82, 2.24) is 5.32 Å². The van der Waals surface area contributed by atoms with Gasteiger partial charge in [-0.05, 0) is 26.3 Å². The average molecular weight is 273 g/mol. The van der Waals surface area contributed by atoms with Crippen molar-refractivity contribution in [2.45, 2.75) is 31.8 Å². The third-order valence-electron chi connectivity index (χ3n) is 3.26. The normalized spacial score (nSPS) is 21.9. The van der Waals surface area contributed by atoms with Gasteiger partial charge in [0.2, 0.25) is 0 Å². The molecular formula is C16H19NO3. The summed E-state index contributed by atoms with van der Waals surface area (Å²) < 4.78 is 5.53. The summed E-state index contributed by atoms with van der Waals surface area (Å²) in [6, 6.07) is 9.26. The monoisotopic (exact) mass is 273 g/mol. The maximum atomic E-state index is 12.7. The molecule has 0 saturated carbocycles. The van der Waals surface area contributed by atoms with Gasteiger partial charge in [-0.15, -0.1) is 0 Å². The van der Waals surface area contributed by atoms with Crippen LogP contribution in [0.15, 0.2) is 42.1 Å². The minimum atomic E-state index is -1.06. The van der Waals surface area contributed by atoms with Gasteiger partial charge in [-0.25, -0.2) is 0 Å². The van der Waals surface area contributed by atoms with Crippen LogP contribution in [0.25, 0.3) is 0 Å². The Kier molecular flexibility index (Phi) is 3.66. The molecule has 4 nitrogen and oxygen atoms in total. The second-order valence-corrected chi connectivity index (χ2v) is 5.87. The van der Waals surface area contributed by atoms with Crippen LogP contribution in [0.2, 0.25) is 0 Å². The third kappa shape index (κ3) is 2.46. The summed E-state index contributed by atoms with van der Waals surface area (Å²) in [4.78, 5) is 24.0. The van der Waals surface area contributed by atoms with Crippen molar-refractivity contribution >= 4 is 12.3 Å². The smallest absolute Gasteiger partial charge is 0.323 e. The van der Waals surface area contributed by atoms with E-state index in [0.717, 1.165) is 11.8 Å². The third-order valence-corrected chi connectivity index (χ3v) is 3.26. The van der Waals surface area contributed by atoms with E-state index in [9.17, 15) is 9.59 Å². The summed E-state index contributed by atoms with van der Waals surface area (Å²) in [6.45, 7) is 5.78. The minimum absolute atomic E-state index is 0.333. The first kappa shape index (κ1) is 14.3. The van der Waals surface area contributed by atoms with Crippen LogP contribution >= 0.6 is 0 Å². The SMILES string of the molecule is CC(C)(C)OC(=O)C1(c2ccccc2)CNC=C1C=O. The topological polar surface area (TPSA) is 55.4 Å². The summed E-state index contributed by atoms with van der Waals surface area (Å²) in [5.74, 6) is -0.403. The zero-order valence-electron chi connectivity index (χ0n) is 12.0. The number of nitrogens with one attached hydrogen (secondary N) is 1. The molecule has 0 amide bonds. The Morgan fingerprint density at radius 2 is 1.95 bits per heavy atom. The molecule has 1 aromatic carbocycles. The van der Waals surface area contributed by atoms with Crippen molar-refractivity contribution in [1.29, 1.82) is 0 Å². The Bertz CT molecular complexity index is 543. The van der Waals surface area contributed by atoms with Crippen LogP contribution in [0.1, 0.15) is 26.3 Å². The van der Waals surface area contributed by atoms with Gasteiger partial charge in [0.25, 0.3) is 0 Å². The number of rotatable bonds is 3. The van der Waals surface area contributed by atoms with Gasteiger partial charge in [-0.1, -0.05) is 30.3 Å². The predicted molar refractivity (Wildman–Crippen MR) is 76.1 cm³/mol. The first-order chi connectivity index (χ1) is 9.40. The zero-order valence-corrected chi connectivity index (χ0v) is 12.0. The lowest BCUT2D eigenvalue weighted by atomic mass is 9.76. The van der Waals surface area contributed by atoms with Gasteiger partial charge in [0.15, 0.2) is 0 Å². The molecule has 4 heteroatoms. The quantitative estimate of drug-likeness (QED) is 0.675. The van der Waals surface area contributed by atoms with E-state index in [1.54, 1.807) is 6.20 Å². The maximum Gasteiger partial charge on any atom is 0.323 e. The van der Waals surface area contributed by atoms with E-state index in [4.69, 9.17) is 4.74 Å². The molecule has 1 atom stereocenters. The fourth-order valence-corrected chi connectivity index (χ4v) is 2.34. The first-order valence-electron chi connectivity index (χ1n) is 6.58. The molecule has 1 unspecified atom stereocenters. The van der Waals surface area contributed by atoms with Gasteiger partial charge in [0, 0.05) is 18.3 Å². The molecular weight excluding hydrogens is 254 g/mol. The van der Waals surface area contributed by atoms with E-state index in [-0.39, 0.29) is 0 Å². The lowest BCUT2D eigenvalue weighted by Gasteiger charge is -2.31. The Balaban J connectivity index is 2.49. The Morgan fingerprint density at radius 1 is 1.30 bits per heavy atom. The molecule has 0 aliphatic carbocycles. The van der Waals surface area contributed by atoms with E-state index in [0.29, 0.717) is 12.1 Å². The summed E-state index contributed by atoms with van der Waals surface area (Å²) in [5.41, 5.74) is -0.498. The van der Waals surface area contributed by atoms with E-state index in [1.165, 1.54) is 0 Å². The van der Waals surface area contributed by atoms with E-state index in [1.807, 2.05) is 51.1 Å². The molecule has 0 radical (unpaired) electrons. The fraction of sp³-hybridized carbons (Fsp3) is 0.375. The number of carbonyl (C=O) groups excluding carboxylic acids is 2. The zero-order chi connectivity index (χ0) is 14.8. The highest BCUT2D eigenvalue weighted by Gasteiger charge is 2.48. The number of benzene rings is 1. The van der Waals surface area contributed by atoms with Crippen LogP contribution in [0.4, 0.5) is 0 Å². The molecule has 0 saturated heterocycles. The highest BCUT2D eigenvalue weighted by Crippen LogP contribution is 2.36. The lowest BCUT2D eigenvalue weighted by molar-refractivity contribution is -0.160. The highest BCUT2D eigenvalue weighted by atomic mass is 16.6. The summed E-state index contributed by atoms with van der Waals surface area (Å²) in [5, 5.41) is 2.99. The van der Waals surface area contributed by atoms with Crippen LogP contribution in [0.5, 0.6) is 0 Å². The van der Waals surface area contributed by atoms with Crippen molar-refractivity contribution in [2.24, 2.45) is 0 Å². The van der Waals surface area contributed by atoms with Gasteiger partial charge in [0.05, 0.1) is 0 Å². The number of hydrogen-bond donors (Lipinski definition) is 1. The molecule has 106 valence electrons. The van der Waals surface area contributed by atoms with E-state index >= 15 is 0 Å². The van der Waals surface area contributed by atoms with Crippen LogP contribution in [0.3, 0.4) is 0 Å². The maximum absolute atomic E-state index is 12.7. The molecule has 1 heterocycles. The van der Waals surface area contributed by atoms with Crippen molar-refractivity contribution in [3.63, 3.8) is 0 Å². The molecule has 1 aliphatic rings. The second kappa shape index (κ2) is 5.12. The van der Waals surface area contributed by atoms with Crippen LogP contribution in [-0.4, -0.2) is 24.4 Å². The number of aldehydes is 1. The number of ether oxygens (including phenoxy) is 1. The molecule has 0 bridgehead atoms. The number of esters is 1. The van der Waals surface area contributed by atoms with E-state index < -0.39 is 17.0 Å². The van der Waals surface area contributed by atoms with Crippen molar-refractivity contribution in [3.8, 4) is 0 Å². The number of hydrogen-bond acceptors (Lipinski definition) is 4. The highest BCUT2D eigenvalue weighted by molar-refractivity contribution is 5.97. The fourth-order valence-electron chi connectivity index (χ4n) is 2.34. The van der Waals surface area contributed by atoms with Gasteiger partial charge < -0.3 is 10.1 Å². The van der Waals surface area contributed by atoms with Gasteiger partial charge in [-0.3, -0.25) is 9.59 Å². The standard InChI is InChI=1S/C16H19NO3/c1-15(2,3)20-14(19)16(11-17-9-13(16)10-18)12-7-5-4-6-8-12/h4-10,17H,11H2,1-3H3. The Morgan fingerprint density at radius 3 is 2.50 bits per heavy atom. The summed E-state index contributed by atoms with van der Waals surface area (Å²) in [7, 11) is 0. The predicted octanol–water partition coefficient (Wildman–Crippen LogP) is 1.95. The Labute approximate surface area is 118 Å². The molecule has 1 aromatic rings. The molecule has 1 N–H and O–H groups in total. The van der Waals surface area contributed by atoms with Gasteiger partial charge in [-0.2, -0.15) is 0 Å². The van der Waals surface area contributed by atoms with Crippen molar-refractivity contribution in [2.75, 3.05) is 6.54 Å². The minimum Gasteiger partial charge on any atom is -0.459 e. The second-order valence-electron chi connectivity index (χ2n) is 5.87. The molecule has 0 spiro atoms. The first-order valence-corrected chi connectivity index (χ1v) is 6.58. The average Bonchev–Trinajstić information content (AvgIpc) is 2.82.